The van der Waals surface area contributed by atoms with Crippen LogP contribution in [-0.4, -0.2) is 14.1 Å². The molecule has 0 atom stereocenters. The molecule has 80 heavy (non-hydrogen) atoms. The van der Waals surface area contributed by atoms with E-state index in [-0.39, 0.29) is 11.4 Å². The van der Waals surface area contributed by atoms with E-state index < -0.39 is 11.7 Å². The highest BCUT2D eigenvalue weighted by molar-refractivity contribution is 6.13. The van der Waals surface area contributed by atoms with Crippen LogP contribution >= 0.6 is 0 Å². The number of nitriles is 4. The van der Waals surface area contributed by atoms with Gasteiger partial charge in [-0.25, -0.2) is 4.98 Å². The molecule has 0 aliphatic heterocycles. The van der Waals surface area contributed by atoms with Crippen molar-refractivity contribution in [2.24, 2.45) is 0 Å². The average Bonchev–Trinajstić information content (AvgIpc) is 3.64. The number of rotatable bonds is 8. The lowest BCUT2D eigenvalue weighted by molar-refractivity contribution is -0.137. The number of benzene rings is 10. The maximum Gasteiger partial charge on any atom is 0.418 e. The van der Waals surface area contributed by atoms with Crippen LogP contribution in [0, 0.1) is 45.3 Å². The Morgan fingerprint density at radius 1 is 0.312 bits per heavy atom. The van der Waals surface area contributed by atoms with Crippen molar-refractivity contribution in [3.05, 3.63) is 258 Å². The molecule has 10 aromatic carbocycles. The van der Waals surface area contributed by atoms with E-state index in [2.05, 4.69) is 24.3 Å². The molecule has 3 aromatic heterocycles. The van der Waals surface area contributed by atoms with Crippen LogP contribution in [0.3, 0.4) is 0 Å². The zero-order valence-corrected chi connectivity index (χ0v) is 42.2. The van der Waals surface area contributed by atoms with Gasteiger partial charge in [-0.1, -0.05) is 133 Å². The minimum absolute atomic E-state index is 0.130. The quantitative estimate of drug-likeness (QED) is 0.150. The Bertz CT molecular complexity index is 4580. The van der Waals surface area contributed by atoms with Crippen molar-refractivity contribution in [3.8, 4) is 103 Å². The molecule has 0 fully saturated rings. The van der Waals surface area contributed by atoms with Gasteiger partial charge in [0.15, 0.2) is 0 Å². The fourth-order valence-electron chi connectivity index (χ4n) is 11.0. The Morgan fingerprint density at radius 2 is 0.650 bits per heavy atom. The molecule has 0 radical (unpaired) electrons. The lowest BCUT2D eigenvalue weighted by Crippen LogP contribution is -2.13. The Labute approximate surface area is 457 Å². The van der Waals surface area contributed by atoms with Crippen LogP contribution in [0.4, 0.5) is 13.2 Å². The second-order valence-electron chi connectivity index (χ2n) is 19.5. The predicted molar refractivity (Wildman–Crippen MR) is 309 cm³/mol. The summed E-state index contributed by atoms with van der Waals surface area (Å²) >= 11 is 0. The van der Waals surface area contributed by atoms with Crippen LogP contribution in [0.2, 0.25) is 0 Å². The third-order valence-electron chi connectivity index (χ3n) is 14.9. The Hall–Kier alpha value is -11.3. The second-order valence-corrected chi connectivity index (χ2v) is 19.5. The summed E-state index contributed by atoms with van der Waals surface area (Å²) in [6.45, 7) is 0. The molecule has 3 heterocycles. The number of aromatic nitrogens is 3. The van der Waals surface area contributed by atoms with Crippen molar-refractivity contribution in [1.82, 2.24) is 14.1 Å². The molecule has 374 valence electrons. The van der Waals surface area contributed by atoms with E-state index in [1.807, 2.05) is 174 Å². The molecule has 0 saturated carbocycles. The number of pyridine rings is 1. The Balaban J connectivity index is 1.16. The first kappa shape index (κ1) is 48.3. The highest BCUT2D eigenvalue weighted by Gasteiger charge is 2.37. The summed E-state index contributed by atoms with van der Waals surface area (Å²) in [5, 5.41) is 41.6. The third kappa shape index (κ3) is 8.44. The summed E-state index contributed by atoms with van der Waals surface area (Å²) in [7, 11) is 0. The molecule has 0 saturated heterocycles. The minimum atomic E-state index is -4.93. The normalized spacial score (nSPS) is 11.4. The molecular formula is C70H38F3N7. The lowest BCUT2D eigenvalue weighted by atomic mass is 10.00. The lowest BCUT2D eigenvalue weighted by Gasteiger charge is -2.22. The number of hydrogen-bond acceptors (Lipinski definition) is 5. The standard InChI is InChI=1S/C70H38F3N7/c71-70(72,73)61-38-68(79-64-33-52(47-17-9-43(39-74)10-18-47)25-29-56(64)57-30-26-53(34-65(57)79)48-19-11-44(40-75)12-20-48)60(63-8-4-7-62(78-63)51-5-2-1-3-6-51)37-69(61)80-66-35-54(49-21-13-45(41-76)14-22-49)27-31-58(66)59-32-28-55(36-67(59)80)50-23-15-46(42-77)16-24-50/h1-38H. The number of fused-ring (bicyclic) bond motifs is 6. The topological polar surface area (TPSA) is 118 Å². The fourth-order valence-corrected chi connectivity index (χ4v) is 11.0. The maximum atomic E-state index is 16.9. The molecule has 0 bridgehead atoms. The highest BCUT2D eigenvalue weighted by atomic mass is 19.4. The van der Waals surface area contributed by atoms with E-state index in [1.54, 1.807) is 59.2 Å². The number of halogens is 3. The summed E-state index contributed by atoms with van der Waals surface area (Å²) in [4.78, 5) is 5.28. The van der Waals surface area contributed by atoms with Crippen molar-refractivity contribution < 1.29 is 13.2 Å². The minimum Gasteiger partial charge on any atom is -0.309 e. The summed E-state index contributed by atoms with van der Waals surface area (Å²) < 4.78 is 54.3. The van der Waals surface area contributed by atoms with Gasteiger partial charge in [0.25, 0.3) is 0 Å². The van der Waals surface area contributed by atoms with Crippen molar-refractivity contribution in [3.63, 3.8) is 0 Å². The Morgan fingerprint density at radius 3 is 1.00 bits per heavy atom. The van der Waals surface area contributed by atoms with Gasteiger partial charge in [-0.3, -0.25) is 0 Å². The second kappa shape index (κ2) is 19.4. The smallest absolute Gasteiger partial charge is 0.309 e. The van der Waals surface area contributed by atoms with E-state index in [9.17, 15) is 21.0 Å². The van der Waals surface area contributed by atoms with E-state index >= 15 is 13.2 Å². The van der Waals surface area contributed by atoms with Gasteiger partial charge in [-0.05, 0) is 142 Å². The van der Waals surface area contributed by atoms with Crippen LogP contribution in [0.25, 0.3) is 122 Å². The van der Waals surface area contributed by atoms with Crippen LogP contribution in [0.15, 0.2) is 231 Å². The van der Waals surface area contributed by atoms with Crippen LogP contribution < -0.4 is 0 Å². The molecular weight excluding hydrogens is 996 g/mol. The summed E-state index contributed by atoms with van der Waals surface area (Å²) in [5.41, 5.74) is 12.0. The van der Waals surface area contributed by atoms with E-state index in [1.165, 1.54) is 6.07 Å². The molecule has 0 N–H and O–H groups in total. The van der Waals surface area contributed by atoms with Gasteiger partial charge in [0, 0.05) is 32.7 Å². The van der Waals surface area contributed by atoms with Crippen molar-refractivity contribution >= 4 is 43.6 Å². The highest BCUT2D eigenvalue weighted by Crippen LogP contribution is 2.47. The molecule has 10 heteroatoms. The Kier molecular flexibility index (Phi) is 11.7. The van der Waals surface area contributed by atoms with E-state index in [0.29, 0.717) is 61.3 Å². The number of nitrogens with zero attached hydrogens (tertiary/aromatic N) is 7. The van der Waals surface area contributed by atoms with Gasteiger partial charge >= 0.3 is 6.18 Å². The molecule has 0 aliphatic carbocycles. The van der Waals surface area contributed by atoms with Gasteiger partial charge in [0.1, 0.15) is 0 Å². The molecule has 7 nitrogen and oxygen atoms in total. The monoisotopic (exact) mass is 1030 g/mol. The first-order chi connectivity index (χ1) is 39.1. The molecule has 0 amide bonds. The number of alkyl halides is 3. The largest absolute Gasteiger partial charge is 0.418 e. The average molecular weight is 1030 g/mol. The molecule has 0 spiro atoms. The van der Waals surface area contributed by atoms with Crippen LogP contribution in [-0.2, 0) is 6.18 Å². The molecule has 0 unspecified atom stereocenters. The summed E-state index contributed by atoms with van der Waals surface area (Å²) in [5.74, 6) is 0. The zero-order valence-electron chi connectivity index (χ0n) is 42.2. The summed E-state index contributed by atoms with van der Waals surface area (Å²) in [6, 6.07) is 79.0. The van der Waals surface area contributed by atoms with Crippen LogP contribution in [0.1, 0.15) is 27.8 Å². The first-order valence-electron chi connectivity index (χ1n) is 25.5. The van der Waals surface area contributed by atoms with Gasteiger partial charge in [0.05, 0.1) is 96.9 Å². The summed E-state index contributed by atoms with van der Waals surface area (Å²) in [6.07, 6.45) is -4.93. The van der Waals surface area contributed by atoms with Gasteiger partial charge < -0.3 is 9.13 Å². The zero-order chi connectivity index (χ0) is 54.6. The van der Waals surface area contributed by atoms with Crippen molar-refractivity contribution in [1.29, 1.82) is 21.0 Å². The van der Waals surface area contributed by atoms with Gasteiger partial charge in [-0.15, -0.1) is 0 Å². The van der Waals surface area contributed by atoms with Crippen molar-refractivity contribution in [2.45, 2.75) is 6.18 Å². The first-order valence-corrected chi connectivity index (χ1v) is 25.5. The molecule has 13 aromatic rings. The fraction of sp³-hybridized carbons (Fsp3) is 0.0143. The molecule has 0 aliphatic rings. The van der Waals surface area contributed by atoms with Crippen LogP contribution in [0.5, 0.6) is 0 Å². The predicted octanol–water partition coefficient (Wildman–Crippen LogP) is 17.8. The SMILES string of the molecule is N#Cc1ccc(-c2ccc3c4ccc(-c5ccc(C#N)cc5)cc4n(-c4cc(C(F)(F)F)c(-n5c6cc(-c7ccc(C#N)cc7)ccc6c6ccc(-c7ccc(C#N)cc7)cc65)cc4-c4cccc(-c5ccccc5)n4)c3c2)cc1. The molecule has 13 rings (SSSR count). The third-order valence-corrected chi connectivity index (χ3v) is 14.9. The van der Waals surface area contributed by atoms with Gasteiger partial charge in [0.2, 0.25) is 0 Å². The van der Waals surface area contributed by atoms with E-state index in [4.69, 9.17) is 4.98 Å². The van der Waals surface area contributed by atoms with Crippen molar-refractivity contribution in [2.75, 3.05) is 0 Å². The van der Waals surface area contributed by atoms with E-state index in [0.717, 1.165) is 71.6 Å². The number of hydrogen-bond donors (Lipinski definition) is 0. The maximum absolute atomic E-state index is 16.9. The van der Waals surface area contributed by atoms with Gasteiger partial charge in [-0.2, -0.15) is 34.2 Å².